The molecule has 0 amide bonds. The van der Waals surface area contributed by atoms with Crippen molar-refractivity contribution in [2.24, 2.45) is 0 Å². The van der Waals surface area contributed by atoms with E-state index in [0.29, 0.717) is 0 Å². The third kappa shape index (κ3) is 4.19. The van der Waals surface area contributed by atoms with Gasteiger partial charge in [0.05, 0.1) is 23.0 Å². The predicted molar refractivity (Wildman–Crippen MR) is 96.7 cm³/mol. The molecule has 2 aromatic rings. The highest BCUT2D eigenvalue weighted by atomic mass is 32.2. The quantitative estimate of drug-likeness (QED) is 0.759. The van der Waals surface area contributed by atoms with Crippen molar-refractivity contribution >= 4 is 34.4 Å². The van der Waals surface area contributed by atoms with Crippen LogP contribution in [0.5, 0.6) is 11.5 Å². The lowest BCUT2D eigenvalue weighted by Crippen LogP contribution is -2.22. The van der Waals surface area contributed by atoms with Crippen molar-refractivity contribution in [3.63, 3.8) is 0 Å². The second kappa shape index (κ2) is 8.24. The van der Waals surface area contributed by atoms with Crippen molar-refractivity contribution in [1.82, 2.24) is 4.90 Å². The number of hydrogen-bond acceptors (Lipinski definition) is 6. The molecule has 0 spiro atoms. The molecule has 1 aliphatic heterocycles. The van der Waals surface area contributed by atoms with Crippen LogP contribution in [-0.2, 0) is 13.1 Å². The van der Waals surface area contributed by atoms with E-state index in [1.54, 1.807) is 22.7 Å². The summed E-state index contributed by atoms with van der Waals surface area (Å²) >= 11 is 5.46. The molecule has 0 aromatic carbocycles. The van der Waals surface area contributed by atoms with E-state index in [9.17, 15) is 0 Å². The molecular weight excluding hydrogens is 334 g/mol. The van der Waals surface area contributed by atoms with Crippen LogP contribution in [0.3, 0.4) is 0 Å². The van der Waals surface area contributed by atoms with Gasteiger partial charge >= 0.3 is 0 Å². The average Bonchev–Trinajstić information content (AvgIpc) is 3.15. The number of ether oxygens (including phenoxy) is 2. The van der Waals surface area contributed by atoms with Crippen LogP contribution in [0.15, 0.2) is 22.9 Å². The van der Waals surface area contributed by atoms with Crippen molar-refractivity contribution in [2.45, 2.75) is 20.0 Å². The van der Waals surface area contributed by atoms with E-state index >= 15 is 0 Å². The van der Waals surface area contributed by atoms with Crippen LogP contribution in [0.25, 0.3) is 0 Å². The zero-order valence-corrected chi connectivity index (χ0v) is 15.2. The van der Waals surface area contributed by atoms with Crippen molar-refractivity contribution in [1.29, 1.82) is 0 Å². The molecule has 0 N–H and O–H groups in total. The Labute approximate surface area is 144 Å². The molecule has 0 radical (unpaired) electrons. The summed E-state index contributed by atoms with van der Waals surface area (Å²) in [5.74, 6) is 4.13. The molecule has 2 aromatic heterocycles. The molecule has 0 atom stereocenters. The van der Waals surface area contributed by atoms with E-state index in [0.717, 1.165) is 55.9 Å². The lowest BCUT2D eigenvalue weighted by Gasteiger charge is -2.21. The highest BCUT2D eigenvalue weighted by Gasteiger charge is 2.15. The molecule has 0 unspecified atom stereocenters. The Balaban J connectivity index is 1.78. The van der Waals surface area contributed by atoms with E-state index in [1.165, 1.54) is 9.75 Å². The normalized spacial score (nSPS) is 17.7. The standard InChI is InChI=1S/C16H21NO2S3/c1-2-17-11-15-13(3-7-21-15)18-5-9-20-10-6-19-14-4-8-22-16(14)12-17/h3-4,7-8H,2,5-6,9-12H2,1H3. The van der Waals surface area contributed by atoms with E-state index in [1.807, 2.05) is 11.8 Å². The maximum atomic E-state index is 5.94. The smallest absolute Gasteiger partial charge is 0.134 e. The topological polar surface area (TPSA) is 21.7 Å². The molecule has 0 fully saturated rings. The summed E-state index contributed by atoms with van der Waals surface area (Å²) < 4.78 is 11.9. The van der Waals surface area contributed by atoms with Crippen molar-refractivity contribution in [3.8, 4) is 11.5 Å². The highest BCUT2D eigenvalue weighted by Crippen LogP contribution is 2.30. The van der Waals surface area contributed by atoms with Gasteiger partial charge in [0.15, 0.2) is 0 Å². The Morgan fingerprint density at radius 3 is 2.00 bits per heavy atom. The SMILES string of the molecule is CCN1Cc2sccc2OCCSCCOc2ccsc2C1. The fourth-order valence-electron chi connectivity index (χ4n) is 2.35. The molecule has 1 aliphatic rings. The Hall–Kier alpha value is -0.690. The van der Waals surface area contributed by atoms with Crippen LogP contribution in [0.2, 0.25) is 0 Å². The molecule has 0 saturated carbocycles. The van der Waals surface area contributed by atoms with Crippen LogP contribution in [-0.4, -0.2) is 36.2 Å². The first-order valence-electron chi connectivity index (χ1n) is 7.55. The monoisotopic (exact) mass is 355 g/mol. The number of fused-ring (bicyclic) bond motifs is 2. The number of hydrogen-bond donors (Lipinski definition) is 0. The molecule has 22 heavy (non-hydrogen) atoms. The van der Waals surface area contributed by atoms with Gasteiger partial charge in [0.2, 0.25) is 0 Å². The van der Waals surface area contributed by atoms with E-state index in [-0.39, 0.29) is 0 Å². The average molecular weight is 356 g/mol. The molecule has 0 saturated heterocycles. The number of nitrogens with zero attached hydrogens (tertiary/aromatic N) is 1. The van der Waals surface area contributed by atoms with Gasteiger partial charge in [0.1, 0.15) is 11.5 Å². The first kappa shape index (κ1) is 16.2. The summed E-state index contributed by atoms with van der Waals surface area (Å²) in [6, 6.07) is 4.20. The molecule has 3 rings (SSSR count). The third-order valence-electron chi connectivity index (χ3n) is 3.56. The summed E-state index contributed by atoms with van der Waals surface area (Å²) in [6.45, 7) is 6.64. The summed E-state index contributed by atoms with van der Waals surface area (Å²) in [5.41, 5.74) is 0. The fraction of sp³-hybridized carbons (Fsp3) is 0.500. The summed E-state index contributed by atoms with van der Waals surface area (Å²) in [6.07, 6.45) is 0. The van der Waals surface area contributed by atoms with Gasteiger partial charge in [0, 0.05) is 24.6 Å². The summed E-state index contributed by atoms with van der Waals surface area (Å²) in [5, 5.41) is 4.26. The van der Waals surface area contributed by atoms with Gasteiger partial charge < -0.3 is 9.47 Å². The van der Waals surface area contributed by atoms with Crippen LogP contribution in [0, 0.1) is 0 Å². The summed E-state index contributed by atoms with van der Waals surface area (Å²) in [4.78, 5) is 5.09. The van der Waals surface area contributed by atoms with E-state index < -0.39 is 0 Å². The largest absolute Gasteiger partial charge is 0.492 e. The molecule has 3 heterocycles. The zero-order valence-electron chi connectivity index (χ0n) is 12.7. The second-order valence-corrected chi connectivity index (χ2v) is 8.25. The number of thioether (sulfide) groups is 1. The molecule has 0 aliphatic carbocycles. The van der Waals surface area contributed by atoms with Crippen molar-refractivity contribution in [3.05, 3.63) is 32.6 Å². The van der Waals surface area contributed by atoms with Gasteiger partial charge in [-0.2, -0.15) is 11.8 Å². The maximum Gasteiger partial charge on any atom is 0.134 e. The predicted octanol–water partition coefficient (Wildman–Crippen LogP) is 4.34. The van der Waals surface area contributed by atoms with Crippen molar-refractivity contribution in [2.75, 3.05) is 31.3 Å². The van der Waals surface area contributed by atoms with Gasteiger partial charge in [-0.3, -0.25) is 4.90 Å². The van der Waals surface area contributed by atoms with Gasteiger partial charge in [-0.15, -0.1) is 22.7 Å². The van der Waals surface area contributed by atoms with Gasteiger partial charge in [-0.25, -0.2) is 0 Å². The minimum Gasteiger partial charge on any atom is -0.492 e. The van der Waals surface area contributed by atoms with Gasteiger partial charge in [0.25, 0.3) is 0 Å². The minimum atomic E-state index is 0.768. The Bertz CT molecular complexity index is 533. The lowest BCUT2D eigenvalue weighted by atomic mass is 10.3. The Kier molecular flexibility index (Phi) is 6.06. The van der Waals surface area contributed by atoms with Crippen LogP contribution >= 0.6 is 34.4 Å². The summed E-state index contributed by atoms with van der Waals surface area (Å²) in [7, 11) is 0. The van der Waals surface area contributed by atoms with Gasteiger partial charge in [-0.1, -0.05) is 6.92 Å². The second-order valence-electron chi connectivity index (χ2n) is 5.03. The zero-order chi connectivity index (χ0) is 15.2. The van der Waals surface area contributed by atoms with E-state index in [4.69, 9.17) is 9.47 Å². The Morgan fingerprint density at radius 2 is 1.50 bits per heavy atom. The molecule has 3 nitrogen and oxygen atoms in total. The van der Waals surface area contributed by atoms with E-state index in [2.05, 4.69) is 34.7 Å². The van der Waals surface area contributed by atoms with Crippen LogP contribution in [0.1, 0.15) is 16.7 Å². The maximum absolute atomic E-state index is 5.94. The van der Waals surface area contributed by atoms with Crippen molar-refractivity contribution < 1.29 is 9.47 Å². The Morgan fingerprint density at radius 1 is 0.955 bits per heavy atom. The molecule has 0 bridgehead atoms. The lowest BCUT2D eigenvalue weighted by molar-refractivity contribution is 0.260. The molecule has 120 valence electrons. The van der Waals surface area contributed by atoms with Crippen LogP contribution < -0.4 is 9.47 Å². The number of thiophene rings is 2. The third-order valence-corrected chi connectivity index (χ3v) is 6.25. The molecular formula is C16H21NO2S3. The van der Waals surface area contributed by atoms with Gasteiger partial charge in [-0.05, 0) is 29.4 Å². The minimum absolute atomic E-state index is 0.768. The van der Waals surface area contributed by atoms with Crippen LogP contribution in [0.4, 0.5) is 0 Å². The number of rotatable bonds is 1. The first-order valence-corrected chi connectivity index (χ1v) is 10.5. The first-order chi connectivity index (χ1) is 10.9. The molecule has 6 heteroatoms. The highest BCUT2D eigenvalue weighted by molar-refractivity contribution is 7.99. The fourth-order valence-corrected chi connectivity index (χ4v) is 4.67.